The van der Waals surface area contributed by atoms with Crippen molar-refractivity contribution in [1.29, 1.82) is 0 Å². The van der Waals surface area contributed by atoms with Crippen LogP contribution in [0.5, 0.6) is 0 Å². The molecule has 1 N–H and O–H groups in total. The molecule has 3 rings (SSSR count). The maximum absolute atomic E-state index is 11.8. The molecular weight excluding hydrogens is 274 g/mol. The Hall–Kier alpha value is -2.88. The minimum absolute atomic E-state index is 0.113. The number of carbonyl (C=O) groups is 1. The van der Waals surface area contributed by atoms with Gasteiger partial charge in [-0.25, -0.2) is 0 Å². The molecule has 3 aromatic rings. The number of aromatic nitrogens is 2. The van der Waals surface area contributed by atoms with Crippen LogP contribution in [0, 0.1) is 0 Å². The van der Waals surface area contributed by atoms with Gasteiger partial charge in [0.2, 0.25) is 5.91 Å². The predicted molar refractivity (Wildman–Crippen MR) is 87.7 cm³/mol. The van der Waals surface area contributed by atoms with E-state index in [0.29, 0.717) is 12.4 Å². The molecule has 0 fully saturated rings. The number of hydrogen-bond acceptors (Lipinski definition) is 3. The van der Waals surface area contributed by atoms with Crippen LogP contribution >= 0.6 is 0 Å². The molecule has 1 heterocycles. The van der Waals surface area contributed by atoms with Crippen LogP contribution in [0.25, 0.3) is 11.3 Å². The van der Waals surface area contributed by atoms with Gasteiger partial charge in [0.15, 0.2) is 0 Å². The molecule has 0 bridgehead atoms. The molecule has 0 aliphatic heterocycles. The van der Waals surface area contributed by atoms with Gasteiger partial charge in [-0.1, -0.05) is 60.7 Å². The summed E-state index contributed by atoms with van der Waals surface area (Å²) in [6, 6.07) is 21.8. The lowest BCUT2D eigenvalue weighted by Gasteiger charge is -2.06. The lowest BCUT2D eigenvalue weighted by Crippen LogP contribution is -2.12. The van der Waals surface area contributed by atoms with Gasteiger partial charge in [0, 0.05) is 25.1 Å². The predicted octanol–water partition coefficient (Wildman–Crippen LogP) is 3.82. The number of hydrogen-bond donors (Lipinski definition) is 1. The summed E-state index contributed by atoms with van der Waals surface area (Å²) in [6.45, 7) is 2.16. The molecule has 0 aliphatic carbocycles. The van der Waals surface area contributed by atoms with E-state index >= 15 is 0 Å². The zero-order valence-electron chi connectivity index (χ0n) is 12.4. The molecule has 4 nitrogen and oxygen atoms in total. The molecule has 0 saturated carbocycles. The quantitative estimate of drug-likeness (QED) is 0.795. The second-order valence-corrected chi connectivity index (χ2v) is 5.05. The molecule has 0 radical (unpaired) electrons. The maximum Gasteiger partial charge on any atom is 0.245 e. The van der Waals surface area contributed by atoms with Crippen molar-refractivity contribution in [3.05, 3.63) is 72.3 Å². The summed E-state index contributed by atoms with van der Waals surface area (Å²) in [5.74, 6) is 0.591. The highest BCUT2D eigenvalue weighted by Crippen LogP contribution is 2.22. The normalized spacial score (nSPS) is 10.4. The number of carbonyl (C=O) groups excluding carboxylic acids is 1. The Kier molecular flexibility index (Phi) is 4.01. The highest BCUT2D eigenvalue weighted by Gasteiger charge is 2.12. The number of nitrogens with zero attached hydrogens (tertiary/aromatic N) is 2. The van der Waals surface area contributed by atoms with Gasteiger partial charge in [-0.05, 0) is 5.56 Å². The highest BCUT2D eigenvalue weighted by molar-refractivity contribution is 5.81. The first-order valence-electron chi connectivity index (χ1n) is 7.18. The van der Waals surface area contributed by atoms with Gasteiger partial charge >= 0.3 is 0 Å². The Morgan fingerprint density at radius 3 is 2.32 bits per heavy atom. The molecule has 4 heteroatoms. The van der Waals surface area contributed by atoms with E-state index < -0.39 is 0 Å². The Bertz CT molecular complexity index is 764. The topological polar surface area (TPSA) is 46.9 Å². The molecule has 0 saturated heterocycles. The van der Waals surface area contributed by atoms with Crippen molar-refractivity contribution in [2.45, 2.75) is 13.5 Å². The third kappa shape index (κ3) is 3.06. The number of anilines is 1. The van der Waals surface area contributed by atoms with Crippen molar-refractivity contribution < 1.29 is 4.79 Å². The summed E-state index contributed by atoms with van der Waals surface area (Å²) in [5.41, 5.74) is 2.93. The summed E-state index contributed by atoms with van der Waals surface area (Å²) in [4.78, 5) is 11.8. The van der Waals surface area contributed by atoms with Crippen LogP contribution in [0.1, 0.15) is 17.3 Å². The molecule has 0 atom stereocenters. The van der Waals surface area contributed by atoms with Crippen LogP contribution in [-0.2, 0) is 6.54 Å². The van der Waals surface area contributed by atoms with Crippen molar-refractivity contribution in [2.24, 2.45) is 0 Å². The summed E-state index contributed by atoms with van der Waals surface area (Å²) >= 11 is 0. The van der Waals surface area contributed by atoms with Gasteiger partial charge < -0.3 is 5.32 Å². The third-order valence-electron chi connectivity index (χ3n) is 3.39. The van der Waals surface area contributed by atoms with Crippen LogP contribution in [-0.4, -0.2) is 15.7 Å². The van der Waals surface area contributed by atoms with E-state index in [2.05, 4.69) is 10.4 Å². The van der Waals surface area contributed by atoms with Crippen LogP contribution in [0.2, 0.25) is 0 Å². The SMILES string of the molecule is CC(=O)n1nc(-c2ccccc2)cc1NCc1ccccc1. The first kappa shape index (κ1) is 14.1. The Balaban J connectivity index is 1.86. The largest absolute Gasteiger partial charge is 0.366 e. The molecule has 0 aliphatic rings. The van der Waals surface area contributed by atoms with E-state index in [-0.39, 0.29) is 5.91 Å². The zero-order chi connectivity index (χ0) is 15.4. The van der Waals surface area contributed by atoms with E-state index in [1.165, 1.54) is 11.6 Å². The zero-order valence-corrected chi connectivity index (χ0v) is 12.4. The average Bonchev–Trinajstić information content (AvgIpc) is 2.99. The second-order valence-electron chi connectivity index (χ2n) is 5.05. The van der Waals surface area contributed by atoms with Crippen molar-refractivity contribution in [3.8, 4) is 11.3 Å². The molecule has 22 heavy (non-hydrogen) atoms. The van der Waals surface area contributed by atoms with Gasteiger partial charge in [0.1, 0.15) is 5.82 Å². The standard InChI is InChI=1S/C18H17N3O/c1-14(22)21-18(19-13-15-8-4-2-5-9-15)12-17(20-21)16-10-6-3-7-11-16/h2-12,19H,13H2,1H3. The molecule has 0 amide bonds. The minimum Gasteiger partial charge on any atom is -0.366 e. The molecule has 0 unspecified atom stereocenters. The van der Waals surface area contributed by atoms with E-state index in [1.54, 1.807) is 0 Å². The van der Waals surface area contributed by atoms with E-state index in [9.17, 15) is 4.79 Å². The molecular formula is C18H17N3O. The number of rotatable bonds is 4. The van der Waals surface area contributed by atoms with Gasteiger partial charge in [-0.15, -0.1) is 0 Å². The maximum atomic E-state index is 11.8. The molecule has 0 spiro atoms. The monoisotopic (exact) mass is 291 g/mol. The summed E-state index contributed by atoms with van der Waals surface area (Å²) in [5, 5.41) is 7.68. The average molecular weight is 291 g/mol. The Morgan fingerprint density at radius 2 is 1.68 bits per heavy atom. The summed E-state index contributed by atoms with van der Waals surface area (Å²) in [6.07, 6.45) is 0. The van der Waals surface area contributed by atoms with Gasteiger partial charge in [0.25, 0.3) is 0 Å². The fourth-order valence-electron chi connectivity index (χ4n) is 2.29. The lowest BCUT2D eigenvalue weighted by atomic mass is 10.1. The van der Waals surface area contributed by atoms with Gasteiger partial charge in [-0.3, -0.25) is 4.79 Å². The summed E-state index contributed by atoms with van der Waals surface area (Å²) in [7, 11) is 0. The van der Waals surface area contributed by atoms with E-state index in [1.807, 2.05) is 66.7 Å². The van der Waals surface area contributed by atoms with Crippen molar-refractivity contribution in [3.63, 3.8) is 0 Å². The Labute approximate surface area is 129 Å². The molecule has 2 aromatic carbocycles. The van der Waals surface area contributed by atoms with Crippen molar-refractivity contribution >= 4 is 11.7 Å². The molecule has 1 aromatic heterocycles. The second kappa shape index (κ2) is 6.26. The van der Waals surface area contributed by atoms with Crippen LogP contribution < -0.4 is 5.32 Å². The smallest absolute Gasteiger partial charge is 0.245 e. The van der Waals surface area contributed by atoms with Crippen LogP contribution in [0.15, 0.2) is 66.7 Å². The van der Waals surface area contributed by atoms with Crippen LogP contribution in [0.3, 0.4) is 0 Å². The first-order chi connectivity index (χ1) is 10.7. The van der Waals surface area contributed by atoms with E-state index in [0.717, 1.165) is 16.8 Å². The summed E-state index contributed by atoms with van der Waals surface area (Å²) < 4.78 is 1.41. The number of benzene rings is 2. The first-order valence-corrected chi connectivity index (χ1v) is 7.18. The fourth-order valence-corrected chi connectivity index (χ4v) is 2.29. The fraction of sp³-hybridized carbons (Fsp3) is 0.111. The van der Waals surface area contributed by atoms with Gasteiger partial charge in [-0.2, -0.15) is 9.78 Å². The Morgan fingerprint density at radius 1 is 1.05 bits per heavy atom. The molecule has 110 valence electrons. The highest BCUT2D eigenvalue weighted by atomic mass is 16.2. The third-order valence-corrected chi connectivity index (χ3v) is 3.39. The lowest BCUT2D eigenvalue weighted by molar-refractivity contribution is 0.0924. The minimum atomic E-state index is -0.113. The van der Waals surface area contributed by atoms with E-state index in [4.69, 9.17) is 0 Å². The van der Waals surface area contributed by atoms with Crippen LogP contribution in [0.4, 0.5) is 5.82 Å². The number of nitrogens with one attached hydrogen (secondary N) is 1. The van der Waals surface area contributed by atoms with Gasteiger partial charge in [0.05, 0.1) is 5.69 Å². The van der Waals surface area contributed by atoms with Crippen molar-refractivity contribution in [2.75, 3.05) is 5.32 Å². The van der Waals surface area contributed by atoms with Crippen molar-refractivity contribution in [1.82, 2.24) is 9.78 Å².